The minimum absolute atomic E-state index is 0.0284. The molecule has 2 bridgehead atoms. The zero-order chi connectivity index (χ0) is 29.5. The number of nitrogens with two attached hydrogens (primary N) is 2. The Morgan fingerprint density at radius 3 is 2.78 bits per heavy atom. The van der Waals surface area contributed by atoms with Gasteiger partial charge in [-0.05, 0) is 55.3 Å². The summed E-state index contributed by atoms with van der Waals surface area (Å²) in [5.41, 5.74) is 1.18. The van der Waals surface area contributed by atoms with Gasteiger partial charge in [-0.15, -0.1) is 0 Å². The van der Waals surface area contributed by atoms with Crippen molar-refractivity contribution >= 4 is 70.6 Å². The second kappa shape index (κ2) is 13.3. The first-order valence-corrected chi connectivity index (χ1v) is 13.3. The second-order valence-electron chi connectivity index (χ2n) is 9.18. The maximum atomic E-state index is 13.0. The number of nitrogens with one attached hydrogen (secondary N) is 3. The highest BCUT2D eigenvalue weighted by Gasteiger charge is 2.34. The molecule has 12 nitrogen and oxygen atoms in total. The van der Waals surface area contributed by atoms with Crippen molar-refractivity contribution in [2.45, 2.75) is 36.8 Å². The lowest BCUT2D eigenvalue weighted by atomic mass is 10.0. The number of carboxylic acid groups (broad SMARTS) is 1. The largest absolute Gasteiger partial charge is 0.478 e. The van der Waals surface area contributed by atoms with E-state index in [-0.39, 0.29) is 17.9 Å². The summed E-state index contributed by atoms with van der Waals surface area (Å²) >= 11 is 12.8. The van der Waals surface area contributed by atoms with Crippen molar-refractivity contribution in [1.29, 1.82) is 0 Å². The summed E-state index contributed by atoms with van der Waals surface area (Å²) in [7, 11) is 0. The van der Waals surface area contributed by atoms with Gasteiger partial charge in [0.2, 0.25) is 11.8 Å². The van der Waals surface area contributed by atoms with Crippen molar-refractivity contribution in [3.8, 4) is 0 Å². The fraction of sp³-hybridized carbons (Fsp3) is 0.222. The first kappa shape index (κ1) is 29.6. The molecule has 214 valence electrons. The van der Waals surface area contributed by atoms with Crippen LogP contribution in [0.1, 0.15) is 46.8 Å². The van der Waals surface area contributed by atoms with Gasteiger partial charge in [0.1, 0.15) is 23.7 Å². The number of amides is 2. The molecule has 0 spiro atoms. The monoisotopic (exact) mass is 598 g/mol. The zero-order valence-corrected chi connectivity index (χ0v) is 23.1. The highest BCUT2D eigenvalue weighted by atomic mass is 35.5. The van der Waals surface area contributed by atoms with Crippen molar-refractivity contribution in [2.24, 2.45) is 21.8 Å². The number of anilines is 2. The standard InChI is InChI=1S/C27H28Cl2N8O4/c28-17-8-10-21(37(31)14-32-30)15(12-17)7-11-23(39)34-20-4-2-1-3-5-22(38)33-19-9-6-16(27(40)41)13-18(19)24-25(29)36-26(20)35-24/h1-2,6-14,20,24-25H,3-5,30-31H2,(H,33,38)(H,34,39)(H,35,36)(H,40,41)/b2-1+,11-7+,32-14-/t20-,24?,25?/m0/s1. The summed E-state index contributed by atoms with van der Waals surface area (Å²) in [4.78, 5) is 41.9. The molecule has 2 heterocycles. The van der Waals surface area contributed by atoms with E-state index in [1.165, 1.54) is 35.6 Å². The van der Waals surface area contributed by atoms with Crippen LogP contribution in [0.3, 0.4) is 0 Å². The van der Waals surface area contributed by atoms with Crippen molar-refractivity contribution in [3.05, 3.63) is 76.3 Å². The predicted molar refractivity (Wildman–Crippen MR) is 160 cm³/mol. The van der Waals surface area contributed by atoms with Gasteiger partial charge in [0.15, 0.2) is 0 Å². The van der Waals surface area contributed by atoms with Crippen molar-refractivity contribution < 1.29 is 19.5 Å². The number of nitrogens with zero attached hydrogens (tertiary/aromatic N) is 3. The molecule has 4 rings (SSSR count). The fourth-order valence-electron chi connectivity index (χ4n) is 4.37. The molecular formula is C27H28Cl2N8O4. The highest BCUT2D eigenvalue weighted by molar-refractivity contribution is 6.30. The summed E-state index contributed by atoms with van der Waals surface area (Å²) in [6.45, 7) is 0. The number of allylic oxidation sites excluding steroid dienone is 1. The average molecular weight is 599 g/mol. The number of hydrogen-bond donors (Lipinski definition) is 6. The average Bonchev–Trinajstić information content (AvgIpc) is 3.32. The third-order valence-corrected chi connectivity index (χ3v) is 6.91. The Morgan fingerprint density at radius 1 is 1.22 bits per heavy atom. The molecule has 41 heavy (non-hydrogen) atoms. The van der Waals surface area contributed by atoms with E-state index >= 15 is 0 Å². The molecule has 8 N–H and O–H groups in total. The summed E-state index contributed by atoms with van der Waals surface area (Å²) in [5.74, 6) is 9.78. The number of benzene rings is 2. The number of hydrogen-bond acceptors (Lipinski definition) is 8. The number of carbonyl (C=O) groups is 3. The van der Waals surface area contributed by atoms with Crippen LogP contribution in [0.5, 0.6) is 0 Å². The van der Waals surface area contributed by atoms with E-state index < -0.39 is 29.5 Å². The Hall–Kier alpha value is -4.39. The number of carboxylic acids is 1. The zero-order valence-electron chi connectivity index (χ0n) is 21.6. The third kappa shape index (κ3) is 7.42. The van der Waals surface area contributed by atoms with E-state index in [2.05, 4.69) is 21.1 Å². The summed E-state index contributed by atoms with van der Waals surface area (Å²) < 4.78 is 0. The lowest BCUT2D eigenvalue weighted by molar-refractivity contribution is -0.117. The van der Waals surface area contributed by atoms with Crippen LogP contribution in [-0.2, 0) is 9.59 Å². The number of amidine groups is 1. The number of rotatable bonds is 6. The lowest BCUT2D eigenvalue weighted by Crippen LogP contribution is -2.45. The Kier molecular flexibility index (Phi) is 9.61. The van der Waals surface area contributed by atoms with Gasteiger partial charge in [0.05, 0.1) is 17.3 Å². The maximum absolute atomic E-state index is 13.0. The van der Waals surface area contributed by atoms with Gasteiger partial charge in [0.25, 0.3) is 0 Å². The van der Waals surface area contributed by atoms with Crippen LogP contribution in [0, 0.1) is 0 Å². The Balaban J connectivity index is 1.63. The van der Waals surface area contributed by atoms with Gasteiger partial charge in [0, 0.05) is 34.3 Å². The van der Waals surface area contributed by atoms with E-state index in [1.807, 2.05) is 12.2 Å². The maximum Gasteiger partial charge on any atom is 0.335 e. The van der Waals surface area contributed by atoms with Crippen LogP contribution >= 0.6 is 23.2 Å². The van der Waals surface area contributed by atoms with E-state index in [0.29, 0.717) is 46.2 Å². The van der Waals surface area contributed by atoms with Crippen LogP contribution in [0.25, 0.3) is 6.08 Å². The van der Waals surface area contributed by atoms with Gasteiger partial charge < -0.3 is 26.9 Å². The SMILES string of the molecule is N/N=C\N(N)c1ccc(Cl)cc1/C=C/C(=O)N[C@H]1C/C=C/CCC(=O)Nc2ccc(C(=O)O)cc2C2N=C1NC2Cl. The molecule has 0 saturated carbocycles. The normalized spacial score (nSPS) is 21.5. The molecule has 0 aromatic heterocycles. The van der Waals surface area contributed by atoms with Gasteiger partial charge in [-0.2, -0.15) is 5.10 Å². The summed E-state index contributed by atoms with van der Waals surface area (Å²) in [6.07, 6.45) is 8.83. The first-order valence-electron chi connectivity index (χ1n) is 12.5. The second-order valence-corrected chi connectivity index (χ2v) is 10.1. The Bertz CT molecular complexity index is 1460. The molecule has 0 fully saturated rings. The van der Waals surface area contributed by atoms with Crippen LogP contribution in [0.4, 0.5) is 11.4 Å². The van der Waals surface area contributed by atoms with Gasteiger partial charge in [-0.25, -0.2) is 10.6 Å². The van der Waals surface area contributed by atoms with E-state index in [0.717, 1.165) is 0 Å². The van der Waals surface area contributed by atoms with E-state index in [4.69, 9.17) is 39.9 Å². The number of halogens is 2. The topological polar surface area (TPSA) is 188 Å². The number of hydrazone groups is 1. The van der Waals surface area contributed by atoms with Crippen LogP contribution in [0.15, 0.2) is 64.7 Å². The van der Waals surface area contributed by atoms with Crippen molar-refractivity contribution in [1.82, 2.24) is 10.6 Å². The van der Waals surface area contributed by atoms with Crippen LogP contribution in [-0.4, -0.2) is 46.6 Å². The highest BCUT2D eigenvalue weighted by Crippen LogP contribution is 2.35. The molecule has 2 aliphatic heterocycles. The van der Waals surface area contributed by atoms with Crippen LogP contribution in [0.2, 0.25) is 5.02 Å². The third-order valence-electron chi connectivity index (χ3n) is 6.33. The number of hydrazine groups is 1. The Morgan fingerprint density at radius 2 is 2.02 bits per heavy atom. The van der Waals surface area contributed by atoms with Crippen molar-refractivity contribution in [2.75, 3.05) is 10.3 Å². The van der Waals surface area contributed by atoms with Gasteiger partial charge in [-0.1, -0.05) is 35.4 Å². The quantitative estimate of drug-likeness (QED) is 0.0427. The number of fused-ring (bicyclic) bond motifs is 3. The molecule has 2 aromatic carbocycles. The number of aliphatic imine (C=N–C) groups is 1. The number of aromatic carboxylic acids is 1. The summed E-state index contributed by atoms with van der Waals surface area (Å²) in [5, 5.41) is 23.4. The van der Waals surface area contributed by atoms with Crippen LogP contribution < -0.4 is 32.6 Å². The molecule has 2 aromatic rings. The number of carbonyl (C=O) groups excluding carboxylic acids is 2. The summed E-state index contributed by atoms with van der Waals surface area (Å²) in [6, 6.07) is 7.99. The molecule has 14 heteroatoms. The van der Waals surface area contributed by atoms with E-state index in [9.17, 15) is 19.5 Å². The van der Waals surface area contributed by atoms with Gasteiger partial charge in [-0.3, -0.25) is 19.6 Å². The minimum Gasteiger partial charge on any atom is -0.478 e. The lowest BCUT2D eigenvalue weighted by Gasteiger charge is -2.19. The molecule has 2 unspecified atom stereocenters. The molecular weight excluding hydrogens is 571 g/mol. The van der Waals surface area contributed by atoms with Crippen molar-refractivity contribution in [3.63, 3.8) is 0 Å². The molecule has 0 radical (unpaired) electrons. The Labute approximate surface area is 245 Å². The molecule has 2 aliphatic rings. The predicted octanol–water partition coefficient (Wildman–Crippen LogP) is 3.10. The molecule has 2 amide bonds. The first-order chi connectivity index (χ1) is 19.7. The molecule has 3 atom stereocenters. The van der Waals surface area contributed by atoms with Gasteiger partial charge >= 0.3 is 5.97 Å². The van der Waals surface area contributed by atoms with E-state index in [1.54, 1.807) is 24.3 Å². The smallest absolute Gasteiger partial charge is 0.335 e. The fourth-order valence-corrected chi connectivity index (χ4v) is 4.86. The number of alkyl halides is 1. The minimum atomic E-state index is -1.12. The molecule has 0 saturated heterocycles. The molecule has 0 aliphatic carbocycles.